The van der Waals surface area contributed by atoms with Crippen LogP contribution in [0.1, 0.15) is 5.56 Å². The molecule has 126 valence electrons. The minimum atomic E-state index is -1.04. The summed E-state index contributed by atoms with van der Waals surface area (Å²) in [6.07, 6.45) is 1.96. The van der Waals surface area contributed by atoms with E-state index in [-0.39, 0.29) is 12.3 Å². The van der Waals surface area contributed by atoms with Crippen LogP contribution >= 0.6 is 0 Å². The Morgan fingerprint density at radius 3 is 2.60 bits per heavy atom. The van der Waals surface area contributed by atoms with Crippen LogP contribution in [0.2, 0.25) is 0 Å². The Morgan fingerprint density at radius 1 is 1.04 bits per heavy atom. The summed E-state index contributed by atoms with van der Waals surface area (Å²) < 4.78 is 5.05. The molecule has 1 aromatic heterocycles. The van der Waals surface area contributed by atoms with Crippen molar-refractivity contribution in [2.45, 2.75) is 6.42 Å². The number of aliphatic carboxylic acids is 1. The fourth-order valence-corrected chi connectivity index (χ4v) is 2.48. The molecule has 0 aliphatic rings. The SMILES string of the molecule is O=C(O)COc1ccc(NC(=O)Cc2cccc3ncccc23)cc1. The van der Waals surface area contributed by atoms with Crippen LogP contribution in [0.4, 0.5) is 5.69 Å². The minimum absolute atomic E-state index is 0.143. The summed E-state index contributed by atoms with van der Waals surface area (Å²) in [6, 6.07) is 16.0. The lowest BCUT2D eigenvalue weighted by Crippen LogP contribution is -2.14. The van der Waals surface area contributed by atoms with E-state index in [1.165, 1.54) is 0 Å². The number of aromatic nitrogens is 1. The maximum absolute atomic E-state index is 12.3. The summed E-state index contributed by atoms with van der Waals surface area (Å²) in [6.45, 7) is -0.402. The number of carboxylic acid groups (broad SMARTS) is 1. The highest BCUT2D eigenvalue weighted by Gasteiger charge is 2.08. The number of ether oxygens (including phenoxy) is 1. The molecule has 6 heteroatoms. The minimum Gasteiger partial charge on any atom is -0.482 e. The molecule has 0 atom stereocenters. The van der Waals surface area contributed by atoms with Crippen molar-refractivity contribution in [2.24, 2.45) is 0 Å². The Morgan fingerprint density at radius 2 is 1.84 bits per heavy atom. The smallest absolute Gasteiger partial charge is 0.341 e. The lowest BCUT2D eigenvalue weighted by Gasteiger charge is -2.08. The van der Waals surface area contributed by atoms with Crippen molar-refractivity contribution in [3.05, 3.63) is 66.4 Å². The van der Waals surface area contributed by atoms with E-state index in [1.54, 1.807) is 30.5 Å². The van der Waals surface area contributed by atoms with Crippen molar-refractivity contribution in [2.75, 3.05) is 11.9 Å². The van der Waals surface area contributed by atoms with Crippen molar-refractivity contribution in [3.63, 3.8) is 0 Å². The van der Waals surface area contributed by atoms with Crippen LogP contribution in [-0.2, 0) is 16.0 Å². The first-order chi connectivity index (χ1) is 12.1. The maximum atomic E-state index is 12.3. The van der Waals surface area contributed by atoms with Gasteiger partial charge in [0.1, 0.15) is 5.75 Å². The summed E-state index contributed by atoms with van der Waals surface area (Å²) in [5.41, 5.74) is 2.38. The van der Waals surface area contributed by atoms with E-state index in [0.29, 0.717) is 11.4 Å². The van der Waals surface area contributed by atoms with Gasteiger partial charge in [-0.1, -0.05) is 18.2 Å². The molecule has 0 saturated carbocycles. The van der Waals surface area contributed by atoms with E-state index in [2.05, 4.69) is 10.3 Å². The van der Waals surface area contributed by atoms with Gasteiger partial charge in [0.2, 0.25) is 5.91 Å². The molecule has 25 heavy (non-hydrogen) atoms. The number of benzene rings is 2. The molecular weight excluding hydrogens is 320 g/mol. The molecule has 6 nitrogen and oxygen atoms in total. The number of anilines is 1. The molecule has 0 unspecified atom stereocenters. The Balaban J connectivity index is 1.65. The van der Waals surface area contributed by atoms with Crippen LogP contribution in [0.3, 0.4) is 0 Å². The largest absolute Gasteiger partial charge is 0.482 e. The molecule has 2 N–H and O–H groups in total. The van der Waals surface area contributed by atoms with E-state index < -0.39 is 12.6 Å². The summed E-state index contributed by atoms with van der Waals surface area (Å²) >= 11 is 0. The van der Waals surface area contributed by atoms with Crippen molar-refractivity contribution < 1.29 is 19.4 Å². The highest BCUT2D eigenvalue weighted by atomic mass is 16.5. The molecular formula is C19H16N2O4. The predicted molar refractivity (Wildman–Crippen MR) is 93.6 cm³/mol. The molecule has 0 aliphatic carbocycles. The molecule has 2 aromatic carbocycles. The van der Waals surface area contributed by atoms with Gasteiger partial charge in [0.05, 0.1) is 11.9 Å². The van der Waals surface area contributed by atoms with Gasteiger partial charge >= 0.3 is 5.97 Å². The second-order valence-corrected chi connectivity index (χ2v) is 5.42. The quantitative estimate of drug-likeness (QED) is 0.722. The average Bonchev–Trinajstić information content (AvgIpc) is 2.61. The summed E-state index contributed by atoms with van der Waals surface area (Å²) in [7, 11) is 0. The number of pyridine rings is 1. The number of nitrogens with one attached hydrogen (secondary N) is 1. The summed E-state index contributed by atoms with van der Waals surface area (Å²) in [4.78, 5) is 27.0. The Labute approximate surface area is 144 Å². The highest BCUT2D eigenvalue weighted by molar-refractivity contribution is 5.95. The molecule has 0 fully saturated rings. The number of carbonyl (C=O) groups is 2. The Bertz CT molecular complexity index is 901. The number of amides is 1. The second-order valence-electron chi connectivity index (χ2n) is 5.42. The summed E-state index contributed by atoms with van der Waals surface area (Å²) in [5, 5.41) is 12.3. The molecule has 0 radical (unpaired) electrons. The van der Waals surface area contributed by atoms with Crippen LogP contribution in [0.15, 0.2) is 60.8 Å². The molecule has 3 aromatic rings. The van der Waals surface area contributed by atoms with Gasteiger partial charge in [-0.3, -0.25) is 9.78 Å². The number of carboxylic acids is 1. The predicted octanol–water partition coefficient (Wildman–Crippen LogP) is 2.88. The lowest BCUT2D eigenvalue weighted by atomic mass is 10.1. The Hall–Kier alpha value is -3.41. The number of rotatable bonds is 6. The third kappa shape index (κ3) is 4.32. The van der Waals surface area contributed by atoms with E-state index >= 15 is 0 Å². The van der Waals surface area contributed by atoms with Gasteiger partial charge in [-0.15, -0.1) is 0 Å². The van der Waals surface area contributed by atoms with E-state index in [4.69, 9.17) is 9.84 Å². The second kappa shape index (κ2) is 7.44. The molecule has 1 heterocycles. The van der Waals surface area contributed by atoms with Crippen LogP contribution in [-0.4, -0.2) is 28.6 Å². The third-order valence-electron chi connectivity index (χ3n) is 3.59. The van der Waals surface area contributed by atoms with Gasteiger partial charge in [-0.2, -0.15) is 0 Å². The number of hydrogen-bond acceptors (Lipinski definition) is 4. The zero-order chi connectivity index (χ0) is 17.6. The van der Waals surface area contributed by atoms with Crippen LogP contribution < -0.4 is 10.1 Å². The van der Waals surface area contributed by atoms with E-state index in [0.717, 1.165) is 16.5 Å². The Kier molecular flexibility index (Phi) is 4.89. The topological polar surface area (TPSA) is 88.5 Å². The zero-order valence-corrected chi connectivity index (χ0v) is 13.3. The average molecular weight is 336 g/mol. The van der Waals surface area contributed by atoms with Crippen LogP contribution in [0.25, 0.3) is 10.9 Å². The standard InChI is InChI=1S/C19H16N2O4/c22-18(11-13-3-1-5-17-16(13)4-2-10-20-17)21-14-6-8-15(9-7-14)25-12-19(23)24/h1-10H,11-12H2,(H,21,22)(H,23,24). The van der Waals surface area contributed by atoms with Crippen molar-refractivity contribution >= 4 is 28.5 Å². The summed E-state index contributed by atoms with van der Waals surface area (Å²) in [5.74, 6) is -0.752. The van der Waals surface area contributed by atoms with Crippen LogP contribution in [0.5, 0.6) is 5.75 Å². The van der Waals surface area contributed by atoms with Crippen molar-refractivity contribution in [1.82, 2.24) is 4.98 Å². The number of carbonyl (C=O) groups excluding carboxylic acids is 1. The first-order valence-corrected chi connectivity index (χ1v) is 7.69. The van der Waals surface area contributed by atoms with E-state index in [1.807, 2.05) is 30.3 Å². The molecule has 1 amide bonds. The lowest BCUT2D eigenvalue weighted by molar-refractivity contribution is -0.139. The number of fused-ring (bicyclic) bond motifs is 1. The van der Waals surface area contributed by atoms with Crippen LogP contribution in [0, 0.1) is 0 Å². The number of nitrogens with zero attached hydrogens (tertiary/aromatic N) is 1. The zero-order valence-electron chi connectivity index (χ0n) is 13.3. The highest BCUT2D eigenvalue weighted by Crippen LogP contribution is 2.19. The molecule has 3 rings (SSSR count). The molecule has 0 spiro atoms. The fourth-order valence-electron chi connectivity index (χ4n) is 2.48. The fraction of sp³-hybridized carbons (Fsp3) is 0.105. The van der Waals surface area contributed by atoms with E-state index in [9.17, 15) is 9.59 Å². The molecule has 0 saturated heterocycles. The van der Waals surface area contributed by atoms with Gasteiger partial charge in [-0.05, 0) is 42.0 Å². The third-order valence-corrected chi connectivity index (χ3v) is 3.59. The van der Waals surface area contributed by atoms with Crippen molar-refractivity contribution in [3.8, 4) is 5.75 Å². The first-order valence-electron chi connectivity index (χ1n) is 7.69. The van der Waals surface area contributed by atoms with Gasteiger partial charge in [0, 0.05) is 17.3 Å². The monoisotopic (exact) mass is 336 g/mol. The van der Waals surface area contributed by atoms with Crippen molar-refractivity contribution in [1.29, 1.82) is 0 Å². The van der Waals surface area contributed by atoms with Gasteiger partial charge < -0.3 is 15.2 Å². The number of hydrogen-bond donors (Lipinski definition) is 2. The van der Waals surface area contributed by atoms with Gasteiger partial charge in [0.15, 0.2) is 6.61 Å². The first kappa shape index (κ1) is 16.4. The maximum Gasteiger partial charge on any atom is 0.341 e. The van der Waals surface area contributed by atoms with Gasteiger partial charge in [-0.25, -0.2) is 4.79 Å². The normalized spacial score (nSPS) is 10.4. The molecule has 0 bridgehead atoms. The molecule has 0 aliphatic heterocycles. The van der Waals surface area contributed by atoms with Gasteiger partial charge in [0.25, 0.3) is 0 Å².